The molecule has 0 radical (unpaired) electrons. The summed E-state index contributed by atoms with van der Waals surface area (Å²) >= 11 is 0. The van der Waals surface area contributed by atoms with Crippen LogP contribution in [0.25, 0.3) is 0 Å². The van der Waals surface area contributed by atoms with Crippen LogP contribution < -0.4 is 5.32 Å². The fraction of sp³-hybridized carbons (Fsp3) is 0.864. The summed E-state index contributed by atoms with van der Waals surface area (Å²) in [6, 6.07) is 0.335. The van der Waals surface area contributed by atoms with E-state index in [4.69, 9.17) is 0 Å². The van der Waals surface area contributed by atoms with Crippen molar-refractivity contribution in [2.24, 2.45) is 34.5 Å². The molecule has 0 aromatic carbocycles. The maximum absolute atomic E-state index is 11.8. The van der Waals surface area contributed by atoms with Gasteiger partial charge in [-0.2, -0.15) is 0 Å². The molecule has 0 spiro atoms. The number of hydrogen-bond donors (Lipinski definition) is 2. The van der Waals surface area contributed by atoms with Crippen molar-refractivity contribution in [2.45, 2.75) is 84.8 Å². The standard InChI is InChI=1S/C22H35NO2/c1-13-11-19-17-6-5-15-12-16(25)7-9-21(15,3)18(17)8-10-22(19,4)20(13)23-14(2)24/h5,13,16-20,25H,6-12H2,1-4H3,(H,23,24)/t13-,16-,17-,18+,19-,20-,21+,22+/m1/s1. The summed E-state index contributed by atoms with van der Waals surface area (Å²) in [5, 5.41) is 13.4. The zero-order valence-corrected chi connectivity index (χ0v) is 16.3. The third-order valence-electron chi connectivity index (χ3n) is 8.78. The third kappa shape index (κ3) is 2.52. The normalized spacial score (nSPS) is 51.8. The lowest BCUT2D eigenvalue weighted by atomic mass is 9.48. The van der Waals surface area contributed by atoms with Gasteiger partial charge < -0.3 is 10.4 Å². The molecule has 0 bridgehead atoms. The minimum absolute atomic E-state index is 0.125. The SMILES string of the molecule is CC(=O)N[C@@H]1[C@H](C)C[C@@H]2[C@@H]3CC=C4C[C@H](O)CC[C@]4(C)[C@H]3CC[C@@]21C. The molecule has 0 heterocycles. The highest BCUT2D eigenvalue weighted by Crippen LogP contribution is 2.65. The van der Waals surface area contributed by atoms with Gasteiger partial charge in [-0.3, -0.25) is 4.79 Å². The van der Waals surface area contributed by atoms with Crippen molar-refractivity contribution < 1.29 is 9.90 Å². The molecule has 2 N–H and O–H groups in total. The van der Waals surface area contributed by atoms with Crippen LogP contribution in [-0.4, -0.2) is 23.2 Å². The van der Waals surface area contributed by atoms with E-state index in [1.54, 1.807) is 12.5 Å². The van der Waals surface area contributed by atoms with Crippen LogP contribution in [0.15, 0.2) is 11.6 Å². The van der Waals surface area contributed by atoms with E-state index in [9.17, 15) is 9.90 Å². The number of nitrogens with one attached hydrogen (secondary N) is 1. The molecular weight excluding hydrogens is 310 g/mol. The summed E-state index contributed by atoms with van der Waals surface area (Å²) < 4.78 is 0. The molecule has 0 aromatic heterocycles. The van der Waals surface area contributed by atoms with Crippen molar-refractivity contribution in [1.29, 1.82) is 0 Å². The maximum atomic E-state index is 11.8. The number of allylic oxidation sites excluding steroid dienone is 1. The van der Waals surface area contributed by atoms with Crippen molar-refractivity contribution in [3.8, 4) is 0 Å². The van der Waals surface area contributed by atoms with Crippen LogP contribution in [0.3, 0.4) is 0 Å². The van der Waals surface area contributed by atoms with Gasteiger partial charge >= 0.3 is 0 Å². The molecular formula is C22H35NO2. The van der Waals surface area contributed by atoms with Gasteiger partial charge in [-0.05, 0) is 79.4 Å². The Morgan fingerprint density at radius 2 is 2.00 bits per heavy atom. The largest absolute Gasteiger partial charge is 0.393 e. The predicted octanol–water partition coefficient (Wildman–Crippen LogP) is 4.06. The van der Waals surface area contributed by atoms with Crippen molar-refractivity contribution in [3.63, 3.8) is 0 Å². The molecule has 4 aliphatic carbocycles. The summed E-state index contributed by atoms with van der Waals surface area (Å²) in [6.07, 6.45) is 10.3. The Bertz CT molecular complexity index is 599. The summed E-state index contributed by atoms with van der Waals surface area (Å²) in [5.74, 6) is 2.94. The Morgan fingerprint density at radius 1 is 1.24 bits per heavy atom. The second-order valence-corrected chi connectivity index (χ2v) is 10.1. The smallest absolute Gasteiger partial charge is 0.217 e. The molecule has 0 unspecified atom stereocenters. The van der Waals surface area contributed by atoms with Crippen molar-refractivity contribution in [2.75, 3.05) is 0 Å². The van der Waals surface area contributed by atoms with Gasteiger partial charge in [0.2, 0.25) is 5.91 Å². The predicted molar refractivity (Wildman–Crippen MR) is 99.9 cm³/mol. The molecule has 3 fully saturated rings. The zero-order chi connectivity index (χ0) is 18.0. The highest BCUT2D eigenvalue weighted by molar-refractivity contribution is 5.73. The van der Waals surface area contributed by atoms with E-state index in [0.29, 0.717) is 17.4 Å². The number of aliphatic hydroxyl groups excluding tert-OH is 1. The number of amides is 1. The lowest BCUT2D eigenvalue weighted by Crippen LogP contribution is -2.54. The minimum Gasteiger partial charge on any atom is -0.393 e. The fourth-order valence-electron chi connectivity index (χ4n) is 7.53. The highest BCUT2D eigenvalue weighted by atomic mass is 16.3. The highest BCUT2D eigenvalue weighted by Gasteiger charge is 2.60. The molecule has 4 aliphatic rings. The van der Waals surface area contributed by atoms with E-state index in [1.807, 2.05) is 0 Å². The molecule has 0 aromatic rings. The van der Waals surface area contributed by atoms with Crippen LogP contribution in [-0.2, 0) is 4.79 Å². The quantitative estimate of drug-likeness (QED) is 0.704. The molecule has 25 heavy (non-hydrogen) atoms. The van der Waals surface area contributed by atoms with Crippen LogP contribution in [0.5, 0.6) is 0 Å². The van der Waals surface area contributed by atoms with Gasteiger partial charge in [-0.15, -0.1) is 0 Å². The van der Waals surface area contributed by atoms with E-state index in [0.717, 1.165) is 37.0 Å². The van der Waals surface area contributed by atoms with Crippen LogP contribution in [0.4, 0.5) is 0 Å². The van der Waals surface area contributed by atoms with Gasteiger partial charge in [0.25, 0.3) is 0 Å². The van der Waals surface area contributed by atoms with Crippen molar-refractivity contribution >= 4 is 5.91 Å². The first-order valence-corrected chi connectivity index (χ1v) is 10.4. The second kappa shape index (κ2) is 5.84. The molecule has 1 amide bonds. The topological polar surface area (TPSA) is 49.3 Å². The Hall–Kier alpha value is -0.830. The Kier molecular flexibility index (Phi) is 4.10. The lowest BCUT2D eigenvalue weighted by molar-refractivity contribution is -0.121. The Balaban J connectivity index is 1.64. The van der Waals surface area contributed by atoms with E-state index >= 15 is 0 Å². The number of aliphatic hydroxyl groups is 1. The van der Waals surface area contributed by atoms with E-state index in [-0.39, 0.29) is 17.4 Å². The molecule has 3 heteroatoms. The number of fused-ring (bicyclic) bond motifs is 5. The molecule has 8 atom stereocenters. The fourth-order valence-corrected chi connectivity index (χ4v) is 7.53. The van der Waals surface area contributed by atoms with Crippen molar-refractivity contribution in [3.05, 3.63) is 11.6 Å². The summed E-state index contributed by atoms with van der Waals surface area (Å²) in [4.78, 5) is 11.8. The first-order chi connectivity index (χ1) is 11.8. The molecule has 0 saturated heterocycles. The third-order valence-corrected chi connectivity index (χ3v) is 8.78. The lowest BCUT2D eigenvalue weighted by Gasteiger charge is -2.58. The first kappa shape index (κ1) is 17.6. The number of rotatable bonds is 1. The van der Waals surface area contributed by atoms with Gasteiger partial charge in [0.05, 0.1) is 6.10 Å². The van der Waals surface area contributed by atoms with Gasteiger partial charge in [-0.25, -0.2) is 0 Å². The average Bonchev–Trinajstić information content (AvgIpc) is 2.79. The first-order valence-electron chi connectivity index (χ1n) is 10.4. The molecule has 0 aliphatic heterocycles. The van der Waals surface area contributed by atoms with Crippen molar-refractivity contribution in [1.82, 2.24) is 5.32 Å². The zero-order valence-electron chi connectivity index (χ0n) is 16.3. The maximum Gasteiger partial charge on any atom is 0.217 e. The number of hydrogen-bond acceptors (Lipinski definition) is 2. The Morgan fingerprint density at radius 3 is 2.72 bits per heavy atom. The van der Waals surface area contributed by atoms with Gasteiger partial charge in [0.15, 0.2) is 0 Å². The summed E-state index contributed by atoms with van der Waals surface area (Å²) in [6.45, 7) is 8.93. The van der Waals surface area contributed by atoms with E-state index in [2.05, 4.69) is 32.2 Å². The summed E-state index contributed by atoms with van der Waals surface area (Å²) in [7, 11) is 0. The van der Waals surface area contributed by atoms with E-state index < -0.39 is 0 Å². The monoisotopic (exact) mass is 345 g/mol. The Labute approximate surface area is 152 Å². The molecule has 4 rings (SSSR count). The molecule has 140 valence electrons. The van der Waals surface area contributed by atoms with Gasteiger partial charge in [0, 0.05) is 13.0 Å². The van der Waals surface area contributed by atoms with Crippen LogP contribution >= 0.6 is 0 Å². The average molecular weight is 346 g/mol. The summed E-state index contributed by atoms with van der Waals surface area (Å²) in [5.41, 5.74) is 2.10. The number of carbonyl (C=O) groups is 1. The van der Waals surface area contributed by atoms with Crippen LogP contribution in [0, 0.1) is 34.5 Å². The molecule has 3 nitrogen and oxygen atoms in total. The van der Waals surface area contributed by atoms with Crippen LogP contribution in [0.2, 0.25) is 0 Å². The number of carbonyl (C=O) groups excluding carboxylic acids is 1. The second-order valence-electron chi connectivity index (χ2n) is 10.1. The van der Waals surface area contributed by atoms with Crippen LogP contribution in [0.1, 0.15) is 72.6 Å². The minimum atomic E-state index is -0.125. The van der Waals surface area contributed by atoms with Gasteiger partial charge in [-0.1, -0.05) is 32.4 Å². The van der Waals surface area contributed by atoms with Gasteiger partial charge in [0.1, 0.15) is 0 Å². The molecule has 3 saturated carbocycles. The van der Waals surface area contributed by atoms with E-state index in [1.165, 1.54) is 25.7 Å².